The van der Waals surface area contributed by atoms with Crippen molar-refractivity contribution in [2.45, 2.75) is 48.7 Å². The molecule has 0 aromatic rings. The molecule has 0 aromatic carbocycles. The Labute approximate surface area is 119 Å². The average molecular weight is 312 g/mol. The van der Waals surface area contributed by atoms with Crippen molar-refractivity contribution in [3.63, 3.8) is 0 Å². The lowest BCUT2D eigenvalue weighted by Gasteiger charge is -2.38. The van der Waals surface area contributed by atoms with E-state index in [1.807, 2.05) is 0 Å². The Kier molecular flexibility index (Phi) is 5.15. The molecule has 2 aliphatic heterocycles. The van der Waals surface area contributed by atoms with Crippen LogP contribution in [0.5, 0.6) is 0 Å². The van der Waals surface area contributed by atoms with Crippen LogP contribution in [0.25, 0.3) is 0 Å². The lowest BCUT2D eigenvalue weighted by molar-refractivity contribution is -0.297. The third-order valence-electron chi connectivity index (χ3n) is 3.69. The van der Waals surface area contributed by atoms with Gasteiger partial charge in [-0.1, -0.05) is 0 Å². The summed E-state index contributed by atoms with van der Waals surface area (Å²) in [5.41, 5.74) is -1.84. The van der Waals surface area contributed by atoms with E-state index in [-0.39, 0.29) is 13.2 Å². The highest BCUT2D eigenvalue weighted by atomic mass is 16.7. The molecule has 2 fully saturated rings. The molecular weight excluding hydrogens is 292 g/mol. The minimum Gasteiger partial charge on any atom is -0.393 e. The molecule has 124 valence electrons. The van der Waals surface area contributed by atoms with Gasteiger partial charge in [0.2, 0.25) is 0 Å². The second-order valence-electron chi connectivity index (χ2n) is 5.26. The highest BCUT2D eigenvalue weighted by molar-refractivity contribution is 4.94. The van der Waals surface area contributed by atoms with Crippen molar-refractivity contribution >= 4 is 0 Å². The lowest BCUT2D eigenvalue weighted by Crippen LogP contribution is -2.59. The van der Waals surface area contributed by atoms with Gasteiger partial charge in [0.15, 0.2) is 12.6 Å². The Bertz CT molecular complexity index is 354. The summed E-state index contributed by atoms with van der Waals surface area (Å²) in [6.45, 7) is -1.45. The van der Waals surface area contributed by atoms with E-state index in [4.69, 9.17) is 19.3 Å². The van der Waals surface area contributed by atoms with Crippen LogP contribution in [-0.4, -0.2) is 104 Å². The van der Waals surface area contributed by atoms with Crippen LogP contribution < -0.4 is 0 Å². The monoisotopic (exact) mass is 312 g/mol. The zero-order chi connectivity index (χ0) is 15.8. The predicted octanol–water partition coefficient (Wildman–Crippen LogP) is -4.76. The van der Waals surface area contributed by atoms with Crippen LogP contribution in [0, 0.1) is 0 Å². The van der Waals surface area contributed by atoms with Gasteiger partial charge < -0.3 is 50.0 Å². The smallest absolute Gasteiger partial charge is 0.186 e. The third-order valence-corrected chi connectivity index (χ3v) is 3.69. The molecule has 0 spiro atoms. The van der Waals surface area contributed by atoms with Gasteiger partial charge in [0, 0.05) is 0 Å². The molecule has 0 bridgehead atoms. The highest BCUT2D eigenvalue weighted by Gasteiger charge is 2.49. The van der Waals surface area contributed by atoms with Crippen molar-refractivity contribution in [1.82, 2.24) is 0 Å². The summed E-state index contributed by atoms with van der Waals surface area (Å²) < 4.78 is 15.0. The number of aliphatic hydroxyl groups excluding tert-OH is 6. The van der Waals surface area contributed by atoms with Gasteiger partial charge in [-0.05, 0) is 0 Å². The molecular formula is C11H20O10. The fourth-order valence-electron chi connectivity index (χ4n) is 2.19. The first-order chi connectivity index (χ1) is 9.80. The largest absolute Gasteiger partial charge is 0.393 e. The summed E-state index contributed by atoms with van der Waals surface area (Å²) in [4.78, 5) is 0. The number of hydrogen-bond donors (Lipinski definition) is 7. The van der Waals surface area contributed by atoms with Crippen LogP contribution in [0.3, 0.4) is 0 Å². The zero-order valence-electron chi connectivity index (χ0n) is 11.0. The summed E-state index contributed by atoms with van der Waals surface area (Å²) in [7, 11) is 0. The van der Waals surface area contributed by atoms with Crippen molar-refractivity contribution in [3.05, 3.63) is 0 Å². The minimum atomic E-state index is -1.84. The van der Waals surface area contributed by atoms with Crippen molar-refractivity contribution in [2.24, 2.45) is 0 Å². The normalized spacial score (nSPS) is 51.3. The molecule has 7 N–H and O–H groups in total. The third kappa shape index (κ3) is 3.19. The second-order valence-corrected chi connectivity index (χ2v) is 5.26. The van der Waals surface area contributed by atoms with Gasteiger partial charge in [0.1, 0.15) is 36.1 Å². The van der Waals surface area contributed by atoms with Crippen molar-refractivity contribution < 1.29 is 50.0 Å². The molecule has 2 saturated heterocycles. The van der Waals surface area contributed by atoms with Gasteiger partial charge in [-0.2, -0.15) is 0 Å². The standard InChI is InChI=1S/C11H20O10/c12-2-11(18)3-20-10(8(11)16)19-1-4-5(13)6(14)7(15)9(17)21-4/h4-10,12-18H,1-3H2/t4-,5-,6+,7-,8+,9-,10-,11?/m1/s1. The first-order valence-corrected chi connectivity index (χ1v) is 6.42. The van der Waals surface area contributed by atoms with Gasteiger partial charge in [0.05, 0.1) is 19.8 Å². The molecule has 10 nitrogen and oxygen atoms in total. The van der Waals surface area contributed by atoms with E-state index in [2.05, 4.69) is 0 Å². The van der Waals surface area contributed by atoms with E-state index >= 15 is 0 Å². The van der Waals surface area contributed by atoms with E-state index in [1.54, 1.807) is 0 Å². The highest BCUT2D eigenvalue weighted by Crippen LogP contribution is 2.26. The Balaban J connectivity index is 1.89. The minimum absolute atomic E-state index is 0.340. The second kappa shape index (κ2) is 6.38. The number of rotatable bonds is 4. The van der Waals surface area contributed by atoms with E-state index in [0.29, 0.717) is 0 Å². The molecule has 0 amide bonds. The fourth-order valence-corrected chi connectivity index (χ4v) is 2.19. The van der Waals surface area contributed by atoms with Gasteiger partial charge in [-0.3, -0.25) is 0 Å². The molecule has 2 aliphatic rings. The van der Waals surface area contributed by atoms with Crippen molar-refractivity contribution in [1.29, 1.82) is 0 Å². The van der Waals surface area contributed by atoms with Gasteiger partial charge in [-0.15, -0.1) is 0 Å². The summed E-state index contributed by atoms with van der Waals surface area (Å²) in [6, 6.07) is 0. The Hall–Kier alpha value is -0.400. The van der Waals surface area contributed by atoms with Crippen LogP contribution in [-0.2, 0) is 14.2 Å². The number of aliphatic hydroxyl groups is 7. The maximum atomic E-state index is 9.75. The van der Waals surface area contributed by atoms with Gasteiger partial charge >= 0.3 is 0 Å². The maximum Gasteiger partial charge on any atom is 0.186 e. The molecule has 10 heteroatoms. The molecule has 0 radical (unpaired) electrons. The maximum absolute atomic E-state index is 9.75. The Morgan fingerprint density at radius 3 is 2.29 bits per heavy atom. The van der Waals surface area contributed by atoms with Crippen LogP contribution in [0.1, 0.15) is 0 Å². The number of hydrogen-bond acceptors (Lipinski definition) is 10. The lowest BCUT2D eigenvalue weighted by atomic mass is 9.99. The molecule has 0 saturated carbocycles. The fraction of sp³-hybridized carbons (Fsp3) is 1.00. The van der Waals surface area contributed by atoms with Gasteiger partial charge in [-0.25, -0.2) is 0 Å². The van der Waals surface area contributed by atoms with E-state index in [9.17, 15) is 30.6 Å². The molecule has 0 aromatic heterocycles. The SMILES string of the molecule is OCC1(O)CO[C@@H](OC[C@H]2O[C@@H](O)[C@H](O)[C@@H](O)[C@@H]2O)[C@@H]1O. The predicted molar refractivity (Wildman–Crippen MR) is 62.6 cm³/mol. The first kappa shape index (κ1) is 17.0. The first-order valence-electron chi connectivity index (χ1n) is 6.42. The van der Waals surface area contributed by atoms with E-state index < -0.39 is 55.3 Å². The summed E-state index contributed by atoms with van der Waals surface area (Å²) >= 11 is 0. The molecule has 0 aliphatic carbocycles. The Morgan fingerprint density at radius 2 is 1.71 bits per heavy atom. The zero-order valence-corrected chi connectivity index (χ0v) is 11.0. The van der Waals surface area contributed by atoms with E-state index in [0.717, 1.165) is 0 Å². The molecule has 2 rings (SSSR count). The average Bonchev–Trinajstić information content (AvgIpc) is 2.76. The number of ether oxygens (including phenoxy) is 3. The molecule has 8 atom stereocenters. The summed E-state index contributed by atoms with van der Waals surface area (Å²) in [6.07, 6.45) is -10.4. The van der Waals surface area contributed by atoms with Crippen LogP contribution in [0.2, 0.25) is 0 Å². The Morgan fingerprint density at radius 1 is 1.05 bits per heavy atom. The van der Waals surface area contributed by atoms with Crippen molar-refractivity contribution in [3.8, 4) is 0 Å². The van der Waals surface area contributed by atoms with Crippen LogP contribution in [0.4, 0.5) is 0 Å². The summed E-state index contributed by atoms with van der Waals surface area (Å²) in [5, 5.41) is 66.3. The molecule has 2 heterocycles. The molecule has 1 unspecified atom stereocenters. The van der Waals surface area contributed by atoms with E-state index in [1.165, 1.54) is 0 Å². The topological polar surface area (TPSA) is 169 Å². The van der Waals surface area contributed by atoms with Gasteiger partial charge in [0.25, 0.3) is 0 Å². The van der Waals surface area contributed by atoms with Crippen molar-refractivity contribution in [2.75, 3.05) is 19.8 Å². The van der Waals surface area contributed by atoms with Crippen LogP contribution in [0.15, 0.2) is 0 Å². The quantitative estimate of drug-likeness (QED) is 0.267. The van der Waals surface area contributed by atoms with Crippen LogP contribution >= 0.6 is 0 Å². The molecule has 21 heavy (non-hydrogen) atoms. The summed E-state index contributed by atoms with van der Waals surface area (Å²) in [5.74, 6) is 0.